The number of nitrogens with zero attached hydrogens (tertiary/aromatic N) is 7. The van der Waals surface area contributed by atoms with Crippen molar-refractivity contribution in [1.82, 2.24) is 34.7 Å². The first-order valence-electron chi connectivity index (χ1n) is 8.94. The Morgan fingerprint density at radius 2 is 1.74 bits per heavy atom. The molecule has 3 aromatic heterocycles. The second-order valence-corrected chi connectivity index (χ2v) is 6.91. The fraction of sp³-hybridized carbons (Fsp3) is 0.438. The van der Waals surface area contributed by atoms with Gasteiger partial charge in [-0.15, -0.1) is 0 Å². The Bertz CT molecular complexity index is 1040. The summed E-state index contributed by atoms with van der Waals surface area (Å²) in [6.07, 6.45) is -4.65. The highest BCUT2D eigenvalue weighted by atomic mass is 19.4. The molecule has 3 heterocycles. The van der Waals surface area contributed by atoms with E-state index in [4.69, 9.17) is 0 Å². The molecule has 0 aliphatic carbocycles. The van der Waals surface area contributed by atoms with Crippen LogP contribution in [0.1, 0.15) is 32.0 Å². The molecule has 0 saturated carbocycles. The maximum atomic E-state index is 13.2. The Kier molecular flexibility index (Phi) is 5.60. The molecular weight excluding hydrogens is 423 g/mol. The molecule has 0 amide bonds. The average Bonchev–Trinajstić information content (AvgIpc) is 3.31. The number of aromatic nitrogens is 7. The average molecular weight is 443 g/mol. The zero-order valence-electron chi connectivity index (χ0n) is 16.6. The number of hydrogen-bond donors (Lipinski definition) is 5. The predicted molar refractivity (Wildman–Crippen MR) is 99.8 cm³/mol. The zero-order chi connectivity index (χ0) is 23.0. The number of aliphatic hydroxyl groups is 3. The van der Waals surface area contributed by atoms with Gasteiger partial charge in [0.1, 0.15) is 22.7 Å². The SMILES string of the molecule is CCNc1nc(Nc2cc(C(C)(C)n3nccn3)nn2C(O)(O)O)ncc1C(F)(F)F. The van der Waals surface area contributed by atoms with E-state index in [1.165, 1.54) is 23.3 Å². The summed E-state index contributed by atoms with van der Waals surface area (Å²) < 4.78 is 39.9. The molecule has 168 valence electrons. The topological polar surface area (TPSA) is 159 Å². The van der Waals surface area contributed by atoms with Gasteiger partial charge in [-0.05, 0) is 20.8 Å². The number of halogens is 3. The molecule has 0 aliphatic heterocycles. The fourth-order valence-electron chi connectivity index (χ4n) is 2.67. The van der Waals surface area contributed by atoms with Gasteiger partial charge in [0.2, 0.25) is 5.95 Å². The van der Waals surface area contributed by atoms with Crippen molar-refractivity contribution in [1.29, 1.82) is 0 Å². The van der Waals surface area contributed by atoms with Crippen LogP contribution in [0.4, 0.5) is 30.8 Å². The van der Waals surface area contributed by atoms with Crippen LogP contribution in [0.25, 0.3) is 0 Å². The molecule has 0 saturated heterocycles. The highest BCUT2D eigenvalue weighted by molar-refractivity contribution is 5.55. The molecule has 0 atom stereocenters. The smallest absolute Gasteiger partial charge is 0.370 e. The second kappa shape index (κ2) is 7.75. The Labute approximate surface area is 173 Å². The summed E-state index contributed by atoms with van der Waals surface area (Å²) in [6, 6.07) is 1.31. The number of anilines is 3. The third kappa shape index (κ3) is 4.57. The van der Waals surface area contributed by atoms with Crippen LogP contribution in [0.3, 0.4) is 0 Å². The van der Waals surface area contributed by atoms with E-state index in [-0.39, 0.29) is 24.0 Å². The van der Waals surface area contributed by atoms with Gasteiger partial charge in [-0.2, -0.15) is 42.9 Å². The third-order valence-electron chi connectivity index (χ3n) is 4.22. The van der Waals surface area contributed by atoms with Crippen LogP contribution in [-0.4, -0.2) is 56.6 Å². The van der Waals surface area contributed by atoms with Crippen molar-refractivity contribution >= 4 is 17.6 Å². The number of nitrogens with one attached hydrogen (secondary N) is 2. The molecule has 0 spiro atoms. The lowest BCUT2D eigenvalue weighted by Crippen LogP contribution is -2.36. The molecule has 0 aromatic carbocycles. The molecule has 0 fully saturated rings. The first-order valence-corrected chi connectivity index (χ1v) is 8.94. The second-order valence-electron chi connectivity index (χ2n) is 6.91. The van der Waals surface area contributed by atoms with Gasteiger partial charge in [-0.1, -0.05) is 0 Å². The van der Waals surface area contributed by atoms with Crippen LogP contribution in [0.15, 0.2) is 24.7 Å². The van der Waals surface area contributed by atoms with Gasteiger partial charge in [-0.3, -0.25) is 0 Å². The zero-order valence-corrected chi connectivity index (χ0v) is 16.6. The maximum absolute atomic E-state index is 13.2. The molecule has 12 nitrogen and oxygen atoms in total. The molecular formula is C16H20F3N9O3. The van der Waals surface area contributed by atoms with Crippen molar-refractivity contribution in [2.45, 2.75) is 38.6 Å². The number of rotatable bonds is 7. The van der Waals surface area contributed by atoms with E-state index in [0.29, 0.717) is 10.9 Å². The monoisotopic (exact) mass is 443 g/mol. The summed E-state index contributed by atoms with van der Waals surface area (Å²) in [5.74, 6) is -0.996. The summed E-state index contributed by atoms with van der Waals surface area (Å²) in [5.41, 5.74) is -1.88. The molecule has 15 heteroatoms. The van der Waals surface area contributed by atoms with Gasteiger partial charge in [0.25, 0.3) is 0 Å². The standard InChI is InChI=1S/C16H20F3N9O3/c1-4-20-12-9(15(17,18)19)8-21-13(25-12)24-11-7-10(26-27(11)16(29,30)31)14(2,3)28-22-5-6-23-28/h5-8,29-31H,4H2,1-3H3,(H2,20,21,24,25). The summed E-state index contributed by atoms with van der Waals surface area (Å²) in [6.45, 7) is 5.11. The van der Waals surface area contributed by atoms with Crippen molar-refractivity contribution in [3.05, 3.63) is 35.9 Å². The number of hydrogen-bond acceptors (Lipinski definition) is 10. The molecule has 5 N–H and O–H groups in total. The van der Waals surface area contributed by atoms with Gasteiger partial charge in [0, 0.05) is 18.8 Å². The first kappa shape index (κ1) is 22.4. The van der Waals surface area contributed by atoms with E-state index in [1.807, 2.05) is 0 Å². The van der Waals surface area contributed by atoms with E-state index >= 15 is 0 Å². The van der Waals surface area contributed by atoms with Gasteiger partial charge in [-0.25, -0.2) is 4.98 Å². The van der Waals surface area contributed by atoms with Crippen LogP contribution in [-0.2, 0) is 17.8 Å². The van der Waals surface area contributed by atoms with Gasteiger partial charge in [0.05, 0.1) is 18.1 Å². The number of alkyl halides is 3. The summed E-state index contributed by atoms with van der Waals surface area (Å²) >= 11 is 0. The van der Waals surface area contributed by atoms with Crippen molar-refractivity contribution in [2.24, 2.45) is 0 Å². The minimum atomic E-state index is -4.68. The van der Waals surface area contributed by atoms with Crippen molar-refractivity contribution in [3.8, 4) is 0 Å². The third-order valence-corrected chi connectivity index (χ3v) is 4.22. The van der Waals surface area contributed by atoms with Gasteiger partial charge in [0.15, 0.2) is 0 Å². The molecule has 0 radical (unpaired) electrons. The van der Waals surface area contributed by atoms with Crippen LogP contribution < -0.4 is 10.6 Å². The Morgan fingerprint density at radius 1 is 1.10 bits per heavy atom. The normalized spacial score (nSPS) is 12.8. The van der Waals surface area contributed by atoms with E-state index in [2.05, 4.69) is 35.9 Å². The van der Waals surface area contributed by atoms with Crippen LogP contribution in [0, 0.1) is 0 Å². The molecule has 0 unspecified atom stereocenters. The Balaban J connectivity index is 2.03. The lowest BCUT2D eigenvalue weighted by atomic mass is 10.0. The minimum absolute atomic E-state index is 0.166. The van der Waals surface area contributed by atoms with Crippen LogP contribution in [0.2, 0.25) is 0 Å². The Morgan fingerprint density at radius 3 is 2.29 bits per heavy atom. The lowest BCUT2D eigenvalue weighted by Gasteiger charge is -2.21. The first-order chi connectivity index (χ1) is 14.3. The summed E-state index contributed by atoms with van der Waals surface area (Å²) in [4.78, 5) is 8.73. The molecule has 31 heavy (non-hydrogen) atoms. The van der Waals surface area contributed by atoms with Crippen molar-refractivity contribution in [2.75, 3.05) is 17.2 Å². The van der Waals surface area contributed by atoms with E-state index < -0.39 is 29.2 Å². The molecule has 3 aromatic rings. The predicted octanol–water partition coefficient (Wildman–Crippen LogP) is 0.787. The van der Waals surface area contributed by atoms with E-state index in [0.717, 1.165) is 0 Å². The summed E-state index contributed by atoms with van der Waals surface area (Å²) in [7, 11) is 0. The summed E-state index contributed by atoms with van der Waals surface area (Å²) in [5, 5.41) is 46.1. The van der Waals surface area contributed by atoms with Crippen molar-refractivity contribution in [3.63, 3.8) is 0 Å². The van der Waals surface area contributed by atoms with Crippen LogP contribution >= 0.6 is 0 Å². The minimum Gasteiger partial charge on any atom is -0.370 e. The molecule has 3 rings (SSSR count). The highest BCUT2D eigenvalue weighted by Gasteiger charge is 2.36. The Hall–Kier alpha value is -3.30. The largest absolute Gasteiger partial charge is 0.421 e. The van der Waals surface area contributed by atoms with Gasteiger partial charge >= 0.3 is 12.3 Å². The van der Waals surface area contributed by atoms with Crippen molar-refractivity contribution < 1.29 is 28.5 Å². The molecule has 0 aliphatic rings. The molecule has 0 bridgehead atoms. The van der Waals surface area contributed by atoms with E-state index in [9.17, 15) is 28.5 Å². The highest BCUT2D eigenvalue weighted by Crippen LogP contribution is 2.34. The van der Waals surface area contributed by atoms with Crippen LogP contribution in [0.5, 0.6) is 0 Å². The lowest BCUT2D eigenvalue weighted by molar-refractivity contribution is -0.379. The maximum Gasteiger partial charge on any atom is 0.421 e. The fourth-order valence-corrected chi connectivity index (χ4v) is 2.67. The quantitative estimate of drug-likeness (QED) is 0.330. The van der Waals surface area contributed by atoms with Gasteiger partial charge < -0.3 is 26.0 Å². The van der Waals surface area contributed by atoms with E-state index in [1.54, 1.807) is 20.8 Å².